The molecule has 1 saturated heterocycles. The SMILES string of the molecule is CC(=O)N1CCN(C(=O)C(C)(C)Oc2ccccc2)CC1. The molecule has 21 heavy (non-hydrogen) atoms. The van der Waals surface area contributed by atoms with Crippen molar-refractivity contribution in [1.29, 1.82) is 0 Å². The van der Waals surface area contributed by atoms with Crippen molar-refractivity contribution in [3.8, 4) is 5.75 Å². The molecule has 0 aromatic heterocycles. The highest BCUT2D eigenvalue weighted by atomic mass is 16.5. The van der Waals surface area contributed by atoms with E-state index in [9.17, 15) is 9.59 Å². The van der Waals surface area contributed by atoms with Gasteiger partial charge in [-0.2, -0.15) is 0 Å². The van der Waals surface area contributed by atoms with Gasteiger partial charge in [0.25, 0.3) is 5.91 Å². The number of piperazine rings is 1. The quantitative estimate of drug-likeness (QED) is 0.848. The molecule has 1 fully saturated rings. The molecule has 5 heteroatoms. The molecule has 0 saturated carbocycles. The van der Waals surface area contributed by atoms with Crippen molar-refractivity contribution >= 4 is 11.8 Å². The molecule has 5 nitrogen and oxygen atoms in total. The Labute approximate surface area is 125 Å². The summed E-state index contributed by atoms with van der Waals surface area (Å²) >= 11 is 0. The molecule has 2 amide bonds. The van der Waals surface area contributed by atoms with Gasteiger partial charge in [-0.25, -0.2) is 0 Å². The molecule has 0 spiro atoms. The standard InChI is InChI=1S/C16H22N2O3/c1-13(19)17-9-11-18(12-10-17)15(20)16(2,3)21-14-7-5-4-6-8-14/h4-8H,9-12H2,1-3H3. The van der Waals surface area contributed by atoms with Crippen molar-refractivity contribution in [2.75, 3.05) is 26.2 Å². The largest absolute Gasteiger partial charge is 0.478 e. The Morgan fingerprint density at radius 1 is 1.00 bits per heavy atom. The normalized spacial score (nSPS) is 15.8. The second kappa shape index (κ2) is 6.16. The summed E-state index contributed by atoms with van der Waals surface area (Å²) in [5.41, 5.74) is -0.917. The predicted octanol–water partition coefficient (Wildman–Crippen LogP) is 1.53. The van der Waals surface area contributed by atoms with Crippen LogP contribution in [-0.2, 0) is 9.59 Å². The molecule has 2 rings (SSSR count). The Hall–Kier alpha value is -2.04. The number of benzene rings is 1. The molecule has 1 aliphatic rings. The molecule has 1 aromatic carbocycles. The Morgan fingerprint density at radius 3 is 2.05 bits per heavy atom. The van der Waals surface area contributed by atoms with Gasteiger partial charge in [0.15, 0.2) is 5.60 Å². The summed E-state index contributed by atoms with van der Waals surface area (Å²) < 4.78 is 5.82. The average molecular weight is 290 g/mol. The van der Waals surface area contributed by atoms with E-state index >= 15 is 0 Å². The number of hydrogen-bond donors (Lipinski definition) is 0. The van der Waals surface area contributed by atoms with Crippen molar-refractivity contribution in [3.63, 3.8) is 0 Å². The molecule has 0 atom stereocenters. The minimum Gasteiger partial charge on any atom is -0.478 e. The van der Waals surface area contributed by atoms with Crippen LogP contribution >= 0.6 is 0 Å². The van der Waals surface area contributed by atoms with E-state index in [1.54, 1.807) is 30.6 Å². The van der Waals surface area contributed by atoms with Crippen molar-refractivity contribution in [3.05, 3.63) is 30.3 Å². The molecule has 1 heterocycles. The zero-order valence-corrected chi connectivity index (χ0v) is 12.8. The van der Waals surface area contributed by atoms with Gasteiger partial charge in [-0.3, -0.25) is 9.59 Å². The highest BCUT2D eigenvalue weighted by Gasteiger charge is 2.35. The molecule has 0 radical (unpaired) electrons. The Balaban J connectivity index is 1.97. The predicted molar refractivity (Wildman–Crippen MR) is 80.0 cm³/mol. The molecule has 1 aliphatic heterocycles. The van der Waals surface area contributed by atoms with Gasteiger partial charge in [-0.1, -0.05) is 18.2 Å². The third-order valence-corrected chi connectivity index (χ3v) is 3.64. The Morgan fingerprint density at radius 2 is 1.52 bits per heavy atom. The van der Waals surface area contributed by atoms with Crippen LogP contribution in [-0.4, -0.2) is 53.4 Å². The fraction of sp³-hybridized carbons (Fsp3) is 0.500. The second-order valence-corrected chi connectivity index (χ2v) is 5.72. The summed E-state index contributed by atoms with van der Waals surface area (Å²) in [6.07, 6.45) is 0. The number of hydrogen-bond acceptors (Lipinski definition) is 3. The van der Waals surface area contributed by atoms with Gasteiger partial charge in [-0.15, -0.1) is 0 Å². The lowest BCUT2D eigenvalue weighted by Crippen LogP contribution is -2.56. The van der Waals surface area contributed by atoms with E-state index in [1.807, 2.05) is 30.3 Å². The number of rotatable bonds is 3. The molecule has 0 unspecified atom stereocenters. The van der Waals surface area contributed by atoms with E-state index in [1.165, 1.54) is 0 Å². The zero-order valence-electron chi connectivity index (χ0n) is 12.8. The molecule has 0 aliphatic carbocycles. The first kappa shape index (κ1) is 15.4. The Kier molecular flexibility index (Phi) is 4.50. The van der Waals surface area contributed by atoms with E-state index in [0.717, 1.165) is 0 Å². The van der Waals surface area contributed by atoms with Gasteiger partial charge in [0, 0.05) is 33.1 Å². The highest BCUT2D eigenvalue weighted by Crippen LogP contribution is 2.20. The molecule has 1 aromatic rings. The van der Waals surface area contributed by atoms with Crippen LogP contribution in [0.2, 0.25) is 0 Å². The maximum atomic E-state index is 12.6. The number of amides is 2. The van der Waals surface area contributed by atoms with Gasteiger partial charge >= 0.3 is 0 Å². The first-order valence-corrected chi connectivity index (χ1v) is 7.19. The monoisotopic (exact) mass is 290 g/mol. The zero-order chi connectivity index (χ0) is 15.5. The van der Waals surface area contributed by atoms with E-state index in [2.05, 4.69) is 0 Å². The first-order valence-electron chi connectivity index (χ1n) is 7.19. The van der Waals surface area contributed by atoms with Crippen LogP contribution in [0.3, 0.4) is 0 Å². The third-order valence-electron chi connectivity index (χ3n) is 3.64. The van der Waals surface area contributed by atoms with Crippen molar-refractivity contribution < 1.29 is 14.3 Å². The lowest BCUT2D eigenvalue weighted by molar-refractivity contribution is -0.149. The second-order valence-electron chi connectivity index (χ2n) is 5.72. The maximum absolute atomic E-state index is 12.6. The van der Waals surface area contributed by atoms with Gasteiger partial charge in [0.1, 0.15) is 5.75 Å². The number of ether oxygens (including phenoxy) is 1. The van der Waals surface area contributed by atoms with E-state index < -0.39 is 5.60 Å². The van der Waals surface area contributed by atoms with Crippen LogP contribution in [0.25, 0.3) is 0 Å². The smallest absolute Gasteiger partial charge is 0.266 e. The lowest BCUT2D eigenvalue weighted by Gasteiger charge is -2.38. The number of nitrogens with zero attached hydrogens (tertiary/aromatic N) is 2. The van der Waals surface area contributed by atoms with Gasteiger partial charge in [0.05, 0.1) is 0 Å². The molecular formula is C16H22N2O3. The summed E-state index contributed by atoms with van der Waals surface area (Å²) in [7, 11) is 0. The average Bonchev–Trinajstić information content (AvgIpc) is 2.47. The lowest BCUT2D eigenvalue weighted by atomic mass is 10.1. The highest BCUT2D eigenvalue weighted by molar-refractivity contribution is 5.85. The molecular weight excluding hydrogens is 268 g/mol. The summed E-state index contributed by atoms with van der Waals surface area (Å²) in [4.78, 5) is 27.4. The van der Waals surface area contributed by atoms with Crippen molar-refractivity contribution in [2.24, 2.45) is 0 Å². The van der Waals surface area contributed by atoms with Crippen molar-refractivity contribution in [1.82, 2.24) is 9.80 Å². The number of carbonyl (C=O) groups is 2. The molecule has 114 valence electrons. The van der Waals surface area contributed by atoms with Crippen LogP contribution in [0.1, 0.15) is 20.8 Å². The number of para-hydroxylation sites is 1. The summed E-state index contributed by atoms with van der Waals surface area (Å²) in [5, 5.41) is 0. The van der Waals surface area contributed by atoms with Gasteiger partial charge in [0.2, 0.25) is 5.91 Å². The first-order chi connectivity index (χ1) is 9.90. The van der Waals surface area contributed by atoms with E-state index in [-0.39, 0.29) is 11.8 Å². The van der Waals surface area contributed by atoms with Crippen LogP contribution in [0.15, 0.2) is 30.3 Å². The Bertz CT molecular complexity index is 506. The topological polar surface area (TPSA) is 49.9 Å². The number of carbonyl (C=O) groups excluding carboxylic acids is 2. The van der Waals surface area contributed by atoms with Crippen LogP contribution in [0.4, 0.5) is 0 Å². The van der Waals surface area contributed by atoms with Crippen LogP contribution in [0, 0.1) is 0 Å². The van der Waals surface area contributed by atoms with E-state index in [4.69, 9.17) is 4.74 Å². The molecule has 0 N–H and O–H groups in total. The molecule has 0 bridgehead atoms. The van der Waals surface area contributed by atoms with Gasteiger partial charge in [-0.05, 0) is 26.0 Å². The van der Waals surface area contributed by atoms with Gasteiger partial charge < -0.3 is 14.5 Å². The summed E-state index contributed by atoms with van der Waals surface area (Å²) in [5.74, 6) is 0.690. The summed E-state index contributed by atoms with van der Waals surface area (Å²) in [6.45, 7) is 7.39. The fourth-order valence-electron chi connectivity index (χ4n) is 2.43. The van der Waals surface area contributed by atoms with Crippen LogP contribution < -0.4 is 4.74 Å². The maximum Gasteiger partial charge on any atom is 0.266 e. The summed E-state index contributed by atoms with van der Waals surface area (Å²) in [6, 6.07) is 9.33. The minimum absolute atomic E-state index is 0.0467. The minimum atomic E-state index is -0.917. The van der Waals surface area contributed by atoms with Crippen molar-refractivity contribution in [2.45, 2.75) is 26.4 Å². The fourth-order valence-corrected chi connectivity index (χ4v) is 2.43. The third kappa shape index (κ3) is 3.74. The van der Waals surface area contributed by atoms with E-state index in [0.29, 0.717) is 31.9 Å². The van der Waals surface area contributed by atoms with Crippen LogP contribution in [0.5, 0.6) is 5.75 Å².